The topological polar surface area (TPSA) is 84.6 Å². The van der Waals surface area contributed by atoms with Crippen LogP contribution in [0.4, 0.5) is 0 Å². The summed E-state index contributed by atoms with van der Waals surface area (Å²) >= 11 is 6.00. The fourth-order valence-electron chi connectivity index (χ4n) is 2.31. The van der Waals surface area contributed by atoms with Gasteiger partial charge in [-0.15, -0.1) is 24.0 Å². The quantitative estimate of drug-likeness (QED) is 0.214. The number of aliphatic imine (C=N–C) groups is 1. The summed E-state index contributed by atoms with van der Waals surface area (Å²) in [6, 6.07) is 7.38. The Balaban J connectivity index is 0.00000392. The van der Waals surface area contributed by atoms with Gasteiger partial charge in [-0.3, -0.25) is 4.99 Å². The molecule has 0 bridgehead atoms. The number of guanidine groups is 1. The zero-order valence-electron chi connectivity index (χ0n) is 16.6. The third-order valence-corrected chi connectivity index (χ3v) is 3.85. The summed E-state index contributed by atoms with van der Waals surface area (Å²) in [6.45, 7) is 7.28. The molecule has 0 spiro atoms. The summed E-state index contributed by atoms with van der Waals surface area (Å²) in [6.07, 6.45) is 1.53. The predicted octanol–water partition coefficient (Wildman–Crippen LogP) is 3.78. The van der Waals surface area contributed by atoms with Crippen molar-refractivity contribution in [1.29, 1.82) is 0 Å². The summed E-state index contributed by atoms with van der Waals surface area (Å²) in [5, 5.41) is 11.1. The second kappa shape index (κ2) is 13.7. The Labute approximate surface area is 188 Å². The third-order valence-electron chi connectivity index (χ3n) is 3.61. The van der Waals surface area contributed by atoms with Crippen molar-refractivity contribution in [3.05, 3.63) is 35.2 Å². The number of rotatable bonds is 10. The van der Waals surface area contributed by atoms with Crippen molar-refractivity contribution in [2.24, 2.45) is 10.9 Å². The molecule has 7 nitrogen and oxygen atoms in total. The molecule has 0 aliphatic heterocycles. The zero-order chi connectivity index (χ0) is 19.5. The molecule has 0 aliphatic carbocycles. The Morgan fingerprint density at radius 2 is 2.07 bits per heavy atom. The standard InChI is InChI=1S/C19H28ClN5O2.HI/c1-14(2)13-26-11-5-9-22-19(21-3)23-10-8-17-24-18(25-27-17)15-6-4-7-16(20)12-15;/h4,6-7,12,14H,5,8-11,13H2,1-3H3,(H2,21,22,23);1H. The molecule has 1 heterocycles. The molecule has 156 valence electrons. The van der Waals surface area contributed by atoms with E-state index in [0.29, 0.717) is 35.6 Å². The molecule has 9 heteroatoms. The molecule has 1 aromatic heterocycles. The lowest BCUT2D eigenvalue weighted by Crippen LogP contribution is -2.39. The van der Waals surface area contributed by atoms with Gasteiger partial charge in [-0.25, -0.2) is 0 Å². The van der Waals surface area contributed by atoms with Gasteiger partial charge in [-0.1, -0.05) is 42.7 Å². The average molecular weight is 522 g/mol. The van der Waals surface area contributed by atoms with Crippen LogP contribution in [-0.4, -0.2) is 49.5 Å². The van der Waals surface area contributed by atoms with Gasteiger partial charge in [0.05, 0.1) is 0 Å². The summed E-state index contributed by atoms with van der Waals surface area (Å²) in [7, 11) is 1.74. The molecule has 2 rings (SSSR count). The highest BCUT2D eigenvalue weighted by molar-refractivity contribution is 14.0. The number of hydrogen-bond acceptors (Lipinski definition) is 5. The highest BCUT2D eigenvalue weighted by atomic mass is 127. The Kier molecular flexibility index (Phi) is 12.1. The number of nitrogens with one attached hydrogen (secondary N) is 2. The maximum atomic E-state index is 6.00. The molecular weight excluding hydrogens is 493 g/mol. The monoisotopic (exact) mass is 521 g/mol. The number of nitrogens with zero attached hydrogens (tertiary/aromatic N) is 3. The molecule has 0 radical (unpaired) electrons. The molecular formula is C19H29ClIN5O2. The molecule has 0 saturated carbocycles. The van der Waals surface area contributed by atoms with E-state index in [0.717, 1.165) is 37.7 Å². The number of ether oxygens (including phenoxy) is 1. The second-order valence-corrected chi connectivity index (χ2v) is 6.96. The summed E-state index contributed by atoms with van der Waals surface area (Å²) in [5.41, 5.74) is 0.836. The fraction of sp³-hybridized carbons (Fsp3) is 0.526. The maximum absolute atomic E-state index is 6.00. The minimum Gasteiger partial charge on any atom is -0.381 e. The molecule has 2 aromatic rings. The van der Waals surface area contributed by atoms with Gasteiger partial charge in [0.15, 0.2) is 5.96 Å². The van der Waals surface area contributed by atoms with Crippen LogP contribution in [0.15, 0.2) is 33.8 Å². The number of aromatic nitrogens is 2. The van der Waals surface area contributed by atoms with Gasteiger partial charge in [0.25, 0.3) is 0 Å². The molecule has 0 unspecified atom stereocenters. The molecule has 0 atom stereocenters. The van der Waals surface area contributed by atoms with Gasteiger partial charge in [0, 0.05) is 50.4 Å². The molecule has 0 amide bonds. The largest absolute Gasteiger partial charge is 0.381 e. The first-order valence-electron chi connectivity index (χ1n) is 9.19. The minimum absolute atomic E-state index is 0. The van der Waals surface area contributed by atoms with E-state index in [9.17, 15) is 0 Å². The van der Waals surface area contributed by atoms with Crippen molar-refractivity contribution in [3.63, 3.8) is 0 Å². The smallest absolute Gasteiger partial charge is 0.228 e. The lowest BCUT2D eigenvalue weighted by molar-refractivity contribution is 0.108. The first-order chi connectivity index (χ1) is 13.1. The Morgan fingerprint density at radius 1 is 1.29 bits per heavy atom. The highest BCUT2D eigenvalue weighted by Crippen LogP contribution is 2.19. The van der Waals surface area contributed by atoms with Crippen LogP contribution < -0.4 is 10.6 Å². The van der Waals surface area contributed by atoms with Gasteiger partial charge < -0.3 is 19.9 Å². The fourth-order valence-corrected chi connectivity index (χ4v) is 2.50. The van der Waals surface area contributed by atoms with E-state index in [2.05, 4.69) is 39.6 Å². The van der Waals surface area contributed by atoms with Gasteiger partial charge in [0.1, 0.15) is 0 Å². The van der Waals surface area contributed by atoms with Crippen LogP contribution in [0.3, 0.4) is 0 Å². The van der Waals surface area contributed by atoms with Crippen molar-refractivity contribution in [2.45, 2.75) is 26.7 Å². The second-order valence-electron chi connectivity index (χ2n) is 6.52. The lowest BCUT2D eigenvalue weighted by Gasteiger charge is -2.11. The van der Waals surface area contributed by atoms with E-state index in [-0.39, 0.29) is 24.0 Å². The average Bonchev–Trinajstić information content (AvgIpc) is 3.11. The Morgan fingerprint density at radius 3 is 2.79 bits per heavy atom. The van der Waals surface area contributed by atoms with Gasteiger partial charge in [0.2, 0.25) is 11.7 Å². The number of hydrogen-bond donors (Lipinski definition) is 2. The van der Waals surface area contributed by atoms with E-state index in [1.165, 1.54) is 0 Å². The van der Waals surface area contributed by atoms with Crippen molar-refractivity contribution < 1.29 is 9.26 Å². The van der Waals surface area contributed by atoms with Crippen molar-refractivity contribution in [1.82, 2.24) is 20.8 Å². The summed E-state index contributed by atoms with van der Waals surface area (Å²) in [4.78, 5) is 8.60. The SMILES string of the molecule is CN=C(NCCCOCC(C)C)NCCc1nc(-c2cccc(Cl)c2)no1.I. The van der Waals surface area contributed by atoms with E-state index < -0.39 is 0 Å². The third kappa shape index (κ3) is 9.20. The van der Waals surface area contributed by atoms with Gasteiger partial charge in [-0.05, 0) is 24.5 Å². The summed E-state index contributed by atoms with van der Waals surface area (Å²) < 4.78 is 10.9. The van der Waals surface area contributed by atoms with Crippen LogP contribution >= 0.6 is 35.6 Å². The molecule has 0 saturated heterocycles. The van der Waals surface area contributed by atoms with Gasteiger partial charge in [-0.2, -0.15) is 4.98 Å². The van der Waals surface area contributed by atoms with Crippen LogP contribution in [0.25, 0.3) is 11.4 Å². The van der Waals surface area contributed by atoms with Crippen molar-refractivity contribution in [3.8, 4) is 11.4 Å². The zero-order valence-corrected chi connectivity index (χ0v) is 19.7. The van der Waals surface area contributed by atoms with E-state index in [1.807, 2.05) is 24.3 Å². The van der Waals surface area contributed by atoms with Crippen LogP contribution in [0.5, 0.6) is 0 Å². The van der Waals surface area contributed by atoms with Crippen molar-refractivity contribution >= 4 is 41.5 Å². The first-order valence-corrected chi connectivity index (χ1v) is 9.57. The van der Waals surface area contributed by atoms with Crippen molar-refractivity contribution in [2.75, 3.05) is 33.4 Å². The first kappa shape index (κ1) is 24.6. The molecule has 2 N–H and O–H groups in total. The van der Waals surface area contributed by atoms with Gasteiger partial charge >= 0.3 is 0 Å². The molecule has 1 aromatic carbocycles. The number of benzene rings is 1. The Bertz CT molecular complexity index is 724. The number of halogens is 2. The molecule has 0 fully saturated rings. The van der Waals surface area contributed by atoms with Crippen LogP contribution in [0.1, 0.15) is 26.2 Å². The van der Waals surface area contributed by atoms with E-state index in [1.54, 1.807) is 7.05 Å². The molecule has 0 aliphatic rings. The van der Waals surface area contributed by atoms with E-state index >= 15 is 0 Å². The maximum Gasteiger partial charge on any atom is 0.228 e. The van der Waals surface area contributed by atoms with Crippen LogP contribution in [0, 0.1) is 5.92 Å². The summed E-state index contributed by atoms with van der Waals surface area (Å²) in [5.74, 6) is 2.41. The van der Waals surface area contributed by atoms with E-state index in [4.69, 9.17) is 20.9 Å². The molecule has 28 heavy (non-hydrogen) atoms. The Hall–Kier alpha value is -1.39. The normalized spacial score (nSPS) is 11.4. The highest BCUT2D eigenvalue weighted by Gasteiger charge is 2.09. The van der Waals surface area contributed by atoms with Crippen LogP contribution in [-0.2, 0) is 11.2 Å². The van der Waals surface area contributed by atoms with Crippen LogP contribution in [0.2, 0.25) is 5.02 Å². The predicted molar refractivity (Wildman–Crippen MR) is 124 cm³/mol. The minimum atomic E-state index is 0. The lowest BCUT2D eigenvalue weighted by atomic mass is 10.2.